The normalized spacial score (nSPS) is 10.3. The number of hydrogen-bond donors (Lipinski definition) is 7. The van der Waals surface area contributed by atoms with Gasteiger partial charge in [-0.15, -0.1) is 0 Å². The van der Waals surface area contributed by atoms with Crippen LogP contribution in [0.5, 0.6) is 0 Å². The summed E-state index contributed by atoms with van der Waals surface area (Å²) in [4.78, 5) is 38.6. The average molecular weight is 294 g/mol. The fourth-order valence-corrected chi connectivity index (χ4v) is 0.242. The molecule has 0 spiro atoms. The molecule has 0 heterocycles. The summed E-state index contributed by atoms with van der Waals surface area (Å²) in [6, 6.07) is -1.13. The van der Waals surface area contributed by atoms with E-state index in [1.807, 2.05) is 0 Å². The number of rotatable bonds is 5. The second-order valence-electron chi connectivity index (χ2n) is 2.86. The largest absolute Gasteiger partial charge is 0.480 e. The Hall–Kier alpha value is -2.50. The number of carbonyl (C=O) groups excluding carboxylic acids is 2. The van der Waals surface area contributed by atoms with E-state index in [1.54, 1.807) is 0 Å². The van der Waals surface area contributed by atoms with E-state index >= 15 is 0 Å². The van der Waals surface area contributed by atoms with Crippen molar-refractivity contribution in [2.24, 2.45) is 22.9 Å². The minimum Gasteiger partial charge on any atom is -0.480 e. The SMILES string of the molecule is NC(=O)/C=C/C(N)=O.NCC(=O)O.N[C@@H](CO)C(=O)O. The van der Waals surface area contributed by atoms with Crippen molar-refractivity contribution in [3.63, 3.8) is 0 Å². The van der Waals surface area contributed by atoms with Crippen LogP contribution in [0.25, 0.3) is 0 Å². The Bertz CT molecular complexity index is 340. The molecule has 11 N–H and O–H groups in total. The standard InChI is InChI=1S/C4H6N2O2.C3H7NO3.C2H5NO2/c5-3(7)1-2-4(6)8;4-2(1-5)3(6)7;3-1-2(4)5/h1-2H,(H2,5,7)(H2,6,8);2,5H,1,4H2,(H,6,7);1,3H2,(H,4,5)/b2-1+;;/t;2-;/m.0./s1. The number of amides is 2. The minimum absolute atomic E-state index is 0.278. The highest BCUT2D eigenvalue weighted by atomic mass is 16.4. The van der Waals surface area contributed by atoms with Gasteiger partial charge in [0.25, 0.3) is 0 Å². The van der Waals surface area contributed by atoms with E-state index in [1.165, 1.54) is 0 Å². The van der Waals surface area contributed by atoms with Gasteiger partial charge in [-0.3, -0.25) is 19.2 Å². The number of carboxylic acid groups (broad SMARTS) is 2. The molecule has 0 aliphatic heterocycles. The van der Waals surface area contributed by atoms with Gasteiger partial charge in [-0.2, -0.15) is 0 Å². The molecule has 0 aliphatic rings. The zero-order valence-corrected chi connectivity index (χ0v) is 10.4. The van der Waals surface area contributed by atoms with Crippen molar-refractivity contribution in [2.45, 2.75) is 6.04 Å². The molecule has 0 aromatic rings. The van der Waals surface area contributed by atoms with Crippen molar-refractivity contribution in [1.82, 2.24) is 0 Å². The summed E-state index contributed by atoms with van der Waals surface area (Å²) >= 11 is 0. The highest BCUT2D eigenvalue weighted by molar-refractivity contribution is 5.95. The lowest BCUT2D eigenvalue weighted by Gasteiger charge is -1.96. The Morgan fingerprint density at radius 3 is 1.35 bits per heavy atom. The third-order valence-electron chi connectivity index (χ3n) is 1.10. The zero-order chi connectivity index (χ0) is 16.7. The second-order valence-corrected chi connectivity index (χ2v) is 2.86. The average Bonchev–Trinajstić information content (AvgIpc) is 2.36. The van der Waals surface area contributed by atoms with Crippen LogP contribution >= 0.6 is 0 Å². The van der Waals surface area contributed by atoms with Gasteiger partial charge in [0.1, 0.15) is 6.04 Å². The van der Waals surface area contributed by atoms with E-state index in [0.29, 0.717) is 0 Å². The number of nitrogens with two attached hydrogens (primary N) is 4. The molecule has 116 valence electrons. The van der Waals surface area contributed by atoms with Gasteiger partial charge in [0.15, 0.2) is 0 Å². The van der Waals surface area contributed by atoms with Crippen molar-refractivity contribution in [1.29, 1.82) is 0 Å². The van der Waals surface area contributed by atoms with Crippen molar-refractivity contribution in [3.8, 4) is 0 Å². The van der Waals surface area contributed by atoms with Gasteiger partial charge in [0, 0.05) is 12.2 Å². The van der Waals surface area contributed by atoms with Gasteiger partial charge in [-0.25, -0.2) is 0 Å². The second kappa shape index (κ2) is 14.6. The van der Waals surface area contributed by atoms with Gasteiger partial charge in [-0.1, -0.05) is 0 Å². The van der Waals surface area contributed by atoms with Crippen LogP contribution < -0.4 is 22.9 Å². The van der Waals surface area contributed by atoms with Gasteiger partial charge in [0.05, 0.1) is 13.2 Å². The first kappa shape index (κ1) is 22.7. The summed E-state index contributed by atoms with van der Waals surface area (Å²) in [5.41, 5.74) is 18.6. The molecule has 0 radical (unpaired) electrons. The lowest BCUT2D eigenvalue weighted by atomic mass is 10.3. The van der Waals surface area contributed by atoms with Gasteiger partial charge in [0.2, 0.25) is 11.8 Å². The molecule has 0 aliphatic carbocycles. The molecule has 1 atom stereocenters. The summed E-state index contributed by atoms with van der Waals surface area (Å²) < 4.78 is 0. The van der Waals surface area contributed by atoms with Crippen molar-refractivity contribution in [2.75, 3.05) is 13.2 Å². The van der Waals surface area contributed by atoms with Gasteiger partial charge < -0.3 is 38.3 Å². The van der Waals surface area contributed by atoms with Gasteiger partial charge in [-0.05, 0) is 0 Å². The molecular formula is C9H18N4O7. The Balaban J connectivity index is -0.000000223. The van der Waals surface area contributed by atoms with Crippen molar-refractivity contribution >= 4 is 23.8 Å². The molecule has 11 nitrogen and oxygen atoms in total. The summed E-state index contributed by atoms with van der Waals surface area (Å²) in [7, 11) is 0. The smallest absolute Gasteiger partial charge is 0.322 e. The van der Waals surface area contributed by atoms with Crippen LogP contribution in [0.4, 0.5) is 0 Å². The van der Waals surface area contributed by atoms with E-state index in [0.717, 1.165) is 12.2 Å². The zero-order valence-electron chi connectivity index (χ0n) is 10.4. The van der Waals surface area contributed by atoms with Crippen molar-refractivity contribution < 1.29 is 34.5 Å². The number of aliphatic carboxylic acids is 2. The number of hydrogen-bond acceptors (Lipinski definition) is 7. The number of aliphatic hydroxyl groups is 1. The molecule has 0 unspecified atom stereocenters. The van der Waals surface area contributed by atoms with Crippen LogP contribution in [0.3, 0.4) is 0 Å². The fraction of sp³-hybridized carbons (Fsp3) is 0.333. The molecule has 0 fully saturated rings. The monoisotopic (exact) mass is 294 g/mol. The highest BCUT2D eigenvalue weighted by Gasteiger charge is 2.06. The topological polar surface area (TPSA) is 233 Å². The van der Waals surface area contributed by atoms with E-state index in [2.05, 4.69) is 17.2 Å². The Morgan fingerprint density at radius 1 is 1.00 bits per heavy atom. The van der Waals surface area contributed by atoms with Crippen LogP contribution in [0.15, 0.2) is 12.2 Å². The maximum Gasteiger partial charge on any atom is 0.322 e. The third kappa shape index (κ3) is 29.6. The molecule has 2 amide bonds. The molecule has 0 rings (SSSR count). The van der Waals surface area contributed by atoms with E-state index in [-0.39, 0.29) is 6.54 Å². The van der Waals surface area contributed by atoms with Crippen LogP contribution in [-0.2, 0) is 19.2 Å². The first-order valence-corrected chi connectivity index (χ1v) is 4.86. The summed E-state index contributed by atoms with van der Waals surface area (Å²) in [6.07, 6.45) is 1.81. The number of carbonyl (C=O) groups is 4. The van der Waals surface area contributed by atoms with E-state index in [4.69, 9.17) is 21.1 Å². The number of primary amides is 2. The fourth-order valence-electron chi connectivity index (χ4n) is 0.242. The number of carboxylic acids is 2. The van der Waals surface area contributed by atoms with E-state index < -0.39 is 36.4 Å². The van der Waals surface area contributed by atoms with Crippen LogP contribution in [0.1, 0.15) is 0 Å². The quantitative estimate of drug-likeness (QED) is 0.244. The minimum atomic E-state index is -1.18. The van der Waals surface area contributed by atoms with Crippen LogP contribution in [0, 0.1) is 0 Å². The Morgan fingerprint density at radius 2 is 1.30 bits per heavy atom. The predicted molar refractivity (Wildman–Crippen MR) is 66.9 cm³/mol. The summed E-state index contributed by atoms with van der Waals surface area (Å²) in [5.74, 6) is -3.50. The molecule has 0 saturated carbocycles. The van der Waals surface area contributed by atoms with Crippen LogP contribution in [-0.4, -0.2) is 58.3 Å². The molecular weight excluding hydrogens is 276 g/mol. The first-order chi connectivity index (χ1) is 9.08. The highest BCUT2D eigenvalue weighted by Crippen LogP contribution is 1.71. The lowest BCUT2D eigenvalue weighted by molar-refractivity contribution is -0.139. The molecule has 20 heavy (non-hydrogen) atoms. The lowest BCUT2D eigenvalue weighted by Crippen LogP contribution is -2.33. The van der Waals surface area contributed by atoms with Gasteiger partial charge >= 0.3 is 11.9 Å². The molecule has 0 saturated heterocycles. The number of aliphatic hydroxyl groups excluding tert-OH is 1. The third-order valence-corrected chi connectivity index (χ3v) is 1.10. The Kier molecular flexibility index (Phi) is 16.5. The summed E-state index contributed by atoms with van der Waals surface area (Å²) in [5, 5.41) is 23.5. The molecule has 11 heteroatoms. The molecule has 0 aromatic heterocycles. The van der Waals surface area contributed by atoms with E-state index in [9.17, 15) is 19.2 Å². The van der Waals surface area contributed by atoms with Crippen LogP contribution in [0.2, 0.25) is 0 Å². The van der Waals surface area contributed by atoms with Crippen molar-refractivity contribution in [3.05, 3.63) is 12.2 Å². The maximum absolute atomic E-state index is 9.83. The predicted octanol–water partition coefficient (Wildman–Crippen LogP) is -4.07. The summed E-state index contributed by atoms with van der Waals surface area (Å²) in [6.45, 7) is -0.782. The molecule has 0 aromatic carbocycles. The Labute approximate surface area is 113 Å². The maximum atomic E-state index is 9.83. The molecule has 0 bridgehead atoms. The first-order valence-electron chi connectivity index (χ1n) is 4.86.